The third-order valence-electron chi connectivity index (χ3n) is 3.50. The Morgan fingerprint density at radius 2 is 1.85 bits per heavy atom. The maximum atomic E-state index is 11.8. The lowest BCUT2D eigenvalue weighted by Gasteiger charge is -2.06. The Morgan fingerprint density at radius 3 is 2.58 bits per heavy atom. The van der Waals surface area contributed by atoms with Gasteiger partial charge in [-0.1, -0.05) is 17.7 Å². The topological polar surface area (TPSA) is 83.7 Å². The molecule has 0 spiro atoms. The fourth-order valence-electron chi connectivity index (χ4n) is 2.20. The van der Waals surface area contributed by atoms with Crippen molar-refractivity contribution < 1.29 is 23.4 Å². The highest BCUT2D eigenvalue weighted by atomic mass is 16.6. The molecule has 0 saturated carbocycles. The van der Waals surface area contributed by atoms with Crippen molar-refractivity contribution >= 4 is 5.97 Å². The molecule has 1 heterocycles. The molecule has 26 heavy (non-hydrogen) atoms. The van der Waals surface area contributed by atoms with Crippen LogP contribution in [-0.4, -0.2) is 29.9 Å². The first-order valence-electron chi connectivity index (χ1n) is 7.96. The molecule has 0 unspecified atom stereocenters. The molecule has 0 N–H and O–H groups in total. The predicted octanol–water partition coefficient (Wildman–Crippen LogP) is 3.18. The van der Waals surface area contributed by atoms with Crippen molar-refractivity contribution in [1.82, 2.24) is 10.2 Å². The van der Waals surface area contributed by atoms with Gasteiger partial charge >= 0.3 is 5.97 Å². The van der Waals surface area contributed by atoms with Crippen LogP contribution in [0.25, 0.3) is 11.5 Å². The Morgan fingerprint density at radius 1 is 1.08 bits per heavy atom. The van der Waals surface area contributed by atoms with Crippen molar-refractivity contribution in [3.63, 3.8) is 0 Å². The Hall–Kier alpha value is -3.35. The van der Waals surface area contributed by atoms with E-state index < -0.39 is 5.97 Å². The van der Waals surface area contributed by atoms with E-state index in [1.54, 1.807) is 31.4 Å². The monoisotopic (exact) mass is 354 g/mol. The molecule has 0 radical (unpaired) electrons. The van der Waals surface area contributed by atoms with E-state index in [-0.39, 0.29) is 19.1 Å². The zero-order chi connectivity index (χ0) is 18.4. The van der Waals surface area contributed by atoms with E-state index in [9.17, 15) is 4.79 Å². The van der Waals surface area contributed by atoms with Crippen molar-refractivity contribution in [3.8, 4) is 23.0 Å². The molecule has 134 valence electrons. The SMILES string of the molecule is COc1ccc(OCC(=O)OCc2nnc(-c3cccc(C)c3)o2)cc1. The molecule has 3 aromatic rings. The highest BCUT2D eigenvalue weighted by Crippen LogP contribution is 2.19. The van der Waals surface area contributed by atoms with Gasteiger partial charge in [-0.2, -0.15) is 0 Å². The van der Waals surface area contributed by atoms with Gasteiger partial charge in [-0.3, -0.25) is 0 Å². The van der Waals surface area contributed by atoms with E-state index in [2.05, 4.69) is 10.2 Å². The fourth-order valence-corrected chi connectivity index (χ4v) is 2.20. The molecule has 7 nitrogen and oxygen atoms in total. The quantitative estimate of drug-likeness (QED) is 0.603. The maximum absolute atomic E-state index is 11.8. The smallest absolute Gasteiger partial charge is 0.344 e. The summed E-state index contributed by atoms with van der Waals surface area (Å²) < 4.78 is 21.0. The molecule has 2 aromatic carbocycles. The van der Waals surface area contributed by atoms with Crippen molar-refractivity contribution in [3.05, 3.63) is 60.0 Å². The van der Waals surface area contributed by atoms with Gasteiger partial charge in [-0.25, -0.2) is 4.79 Å². The molecule has 0 fully saturated rings. The van der Waals surface area contributed by atoms with Gasteiger partial charge in [0.15, 0.2) is 13.2 Å². The summed E-state index contributed by atoms with van der Waals surface area (Å²) in [5, 5.41) is 7.85. The van der Waals surface area contributed by atoms with E-state index in [4.69, 9.17) is 18.6 Å². The average Bonchev–Trinajstić information content (AvgIpc) is 3.14. The maximum Gasteiger partial charge on any atom is 0.344 e. The standard InChI is InChI=1S/C19H18N2O5/c1-13-4-3-5-14(10-13)19-21-20-17(26-19)11-25-18(22)12-24-16-8-6-15(23-2)7-9-16/h3-10H,11-12H2,1-2H3. The van der Waals surface area contributed by atoms with Gasteiger partial charge < -0.3 is 18.6 Å². The van der Waals surface area contributed by atoms with E-state index >= 15 is 0 Å². The molecular formula is C19H18N2O5. The van der Waals surface area contributed by atoms with Crippen LogP contribution in [0.2, 0.25) is 0 Å². The van der Waals surface area contributed by atoms with E-state index in [0.29, 0.717) is 17.4 Å². The number of esters is 1. The zero-order valence-electron chi connectivity index (χ0n) is 14.5. The van der Waals surface area contributed by atoms with Crippen LogP contribution in [0.1, 0.15) is 11.5 Å². The lowest BCUT2D eigenvalue weighted by atomic mass is 10.1. The number of carbonyl (C=O) groups is 1. The molecular weight excluding hydrogens is 336 g/mol. The molecule has 0 atom stereocenters. The van der Waals surface area contributed by atoms with E-state index in [1.165, 1.54) is 0 Å². The van der Waals surface area contributed by atoms with Crippen LogP contribution < -0.4 is 9.47 Å². The summed E-state index contributed by atoms with van der Waals surface area (Å²) in [6.07, 6.45) is 0. The number of carbonyl (C=O) groups excluding carboxylic acids is 1. The van der Waals surface area contributed by atoms with Crippen LogP contribution in [0.15, 0.2) is 52.9 Å². The van der Waals surface area contributed by atoms with Crippen LogP contribution in [0.5, 0.6) is 11.5 Å². The number of rotatable bonds is 7. The largest absolute Gasteiger partial charge is 0.497 e. The first-order chi connectivity index (χ1) is 12.6. The van der Waals surface area contributed by atoms with Crippen LogP contribution in [0.4, 0.5) is 0 Å². The van der Waals surface area contributed by atoms with Crippen LogP contribution >= 0.6 is 0 Å². The number of hydrogen-bond donors (Lipinski definition) is 0. The van der Waals surface area contributed by atoms with Crippen LogP contribution in [0, 0.1) is 6.92 Å². The Labute approximate surface area is 150 Å². The zero-order valence-corrected chi connectivity index (χ0v) is 14.5. The van der Waals surface area contributed by atoms with Crippen molar-refractivity contribution in [2.75, 3.05) is 13.7 Å². The van der Waals surface area contributed by atoms with Gasteiger partial charge in [0.1, 0.15) is 11.5 Å². The minimum absolute atomic E-state index is 0.108. The number of nitrogens with zero attached hydrogens (tertiary/aromatic N) is 2. The number of aryl methyl sites for hydroxylation is 1. The first-order valence-corrected chi connectivity index (χ1v) is 7.96. The van der Waals surface area contributed by atoms with Crippen molar-refractivity contribution in [1.29, 1.82) is 0 Å². The van der Waals surface area contributed by atoms with Gasteiger partial charge in [-0.05, 0) is 43.3 Å². The molecule has 3 rings (SSSR count). The number of ether oxygens (including phenoxy) is 3. The highest BCUT2D eigenvalue weighted by Gasteiger charge is 2.11. The average molecular weight is 354 g/mol. The molecule has 0 aliphatic carbocycles. The van der Waals surface area contributed by atoms with Gasteiger partial charge in [0, 0.05) is 5.56 Å². The lowest BCUT2D eigenvalue weighted by molar-refractivity contribution is -0.148. The van der Waals surface area contributed by atoms with E-state index in [1.807, 2.05) is 31.2 Å². The second-order valence-corrected chi connectivity index (χ2v) is 5.50. The van der Waals surface area contributed by atoms with Crippen LogP contribution in [0.3, 0.4) is 0 Å². The van der Waals surface area contributed by atoms with Gasteiger partial charge in [-0.15, -0.1) is 10.2 Å². The summed E-state index contributed by atoms with van der Waals surface area (Å²) in [6, 6.07) is 14.6. The minimum Gasteiger partial charge on any atom is -0.497 e. The molecule has 0 bridgehead atoms. The molecule has 0 aliphatic heterocycles. The Kier molecular flexibility index (Phi) is 5.48. The molecule has 0 saturated heterocycles. The van der Waals surface area contributed by atoms with Crippen molar-refractivity contribution in [2.45, 2.75) is 13.5 Å². The molecule has 0 aliphatic rings. The number of benzene rings is 2. The van der Waals surface area contributed by atoms with Gasteiger partial charge in [0.05, 0.1) is 7.11 Å². The lowest BCUT2D eigenvalue weighted by Crippen LogP contribution is -2.14. The summed E-state index contributed by atoms with van der Waals surface area (Å²) >= 11 is 0. The normalized spacial score (nSPS) is 10.4. The van der Waals surface area contributed by atoms with Crippen molar-refractivity contribution in [2.24, 2.45) is 0 Å². The number of hydrogen-bond acceptors (Lipinski definition) is 7. The second-order valence-electron chi connectivity index (χ2n) is 5.50. The third-order valence-corrected chi connectivity index (χ3v) is 3.50. The number of methoxy groups -OCH3 is 1. The summed E-state index contributed by atoms with van der Waals surface area (Å²) in [4.78, 5) is 11.8. The van der Waals surface area contributed by atoms with Crippen LogP contribution in [-0.2, 0) is 16.1 Å². The predicted molar refractivity (Wildman–Crippen MR) is 92.8 cm³/mol. The minimum atomic E-state index is -0.531. The second kappa shape index (κ2) is 8.15. The molecule has 0 amide bonds. The first kappa shape index (κ1) is 17.5. The van der Waals surface area contributed by atoms with E-state index in [0.717, 1.165) is 11.1 Å². The summed E-state index contributed by atoms with van der Waals surface area (Å²) in [7, 11) is 1.58. The highest BCUT2D eigenvalue weighted by molar-refractivity contribution is 5.71. The van der Waals surface area contributed by atoms with Gasteiger partial charge in [0.25, 0.3) is 5.89 Å². The van der Waals surface area contributed by atoms with Gasteiger partial charge in [0.2, 0.25) is 5.89 Å². The number of aromatic nitrogens is 2. The molecule has 7 heteroatoms. The summed E-state index contributed by atoms with van der Waals surface area (Å²) in [5.74, 6) is 1.33. The third kappa shape index (κ3) is 4.60. The molecule has 1 aromatic heterocycles. The Balaban J connectivity index is 1.48. The fraction of sp³-hybridized carbons (Fsp3) is 0.211. The Bertz CT molecular complexity index is 874. The summed E-state index contributed by atoms with van der Waals surface area (Å²) in [5.41, 5.74) is 1.90. The summed E-state index contributed by atoms with van der Waals surface area (Å²) in [6.45, 7) is 1.65.